The molecule has 7 nitrogen and oxygen atoms in total. The Hall–Kier alpha value is -2.78. The van der Waals surface area contributed by atoms with E-state index in [0.717, 1.165) is 11.4 Å². The van der Waals surface area contributed by atoms with Crippen LogP contribution >= 0.6 is 23.1 Å². The number of carbonyl (C=O) groups excluding carboxylic acids is 1. The summed E-state index contributed by atoms with van der Waals surface area (Å²) in [6, 6.07) is 14.9. The Morgan fingerprint density at radius 3 is 2.86 bits per heavy atom. The molecule has 0 saturated carbocycles. The summed E-state index contributed by atoms with van der Waals surface area (Å²) >= 11 is 2.72. The summed E-state index contributed by atoms with van der Waals surface area (Å²) in [5, 5.41) is 14.9. The molecule has 146 valence electrons. The smallest absolute Gasteiger partial charge is 0.234 e. The number of anilines is 3. The maximum Gasteiger partial charge on any atom is 0.234 e. The third-order valence-electron chi connectivity index (χ3n) is 3.52. The van der Waals surface area contributed by atoms with Crippen LogP contribution in [-0.2, 0) is 4.79 Å². The average Bonchev–Trinajstić information content (AvgIpc) is 3.16. The number of hydrogen-bond donors (Lipinski definition) is 2. The van der Waals surface area contributed by atoms with Gasteiger partial charge < -0.3 is 20.1 Å². The molecular formula is C19H20N4O3S2. The topological polar surface area (TPSA) is 85.4 Å². The first-order valence-electron chi connectivity index (χ1n) is 8.57. The first kappa shape index (κ1) is 20.0. The zero-order valence-electron chi connectivity index (χ0n) is 15.5. The number of benzene rings is 2. The molecule has 9 heteroatoms. The Morgan fingerprint density at radius 1 is 1.18 bits per heavy atom. The highest BCUT2D eigenvalue weighted by Crippen LogP contribution is 2.31. The maximum atomic E-state index is 12.2. The fourth-order valence-corrected chi connectivity index (χ4v) is 3.87. The average molecular weight is 417 g/mol. The fourth-order valence-electron chi connectivity index (χ4n) is 2.31. The van der Waals surface area contributed by atoms with Crippen LogP contribution in [-0.4, -0.2) is 35.6 Å². The molecule has 3 rings (SSSR count). The first-order valence-corrected chi connectivity index (χ1v) is 10.4. The number of nitrogens with one attached hydrogen (secondary N) is 2. The van der Waals surface area contributed by atoms with E-state index in [0.29, 0.717) is 27.5 Å². The third-order valence-corrected chi connectivity index (χ3v) is 5.49. The molecule has 0 aliphatic carbocycles. The first-order chi connectivity index (χ1) is 13.7. The van der Waals surface area contributed by atoms with Gasteiger partial charge in [0.25, 0.3) is 0 Å². The monoisotopic (exact) mass is 416 g/mol. The van der Waals surface area contributed by atoms with E-state index < -0.39 is 0 Å². The van der Waals surface area contributed by atoms with Crippen LogP contribution in [0.2, 0.25) is 0 Å². The van der Waals surface area contributed by atoms with Crippen molar-refractivity contribution < 1.29 is 14.3 Å². The summed E-state index contributed by atoms with van der Waals surface area (Å²) in [7, 11) is 1.59. The van der Waals surface area contributed by atoms with E-state index in [2.05, 4.69) is 20.8 Å². The van der Waals surface area contributed by atoms with Crippen molar-refractivity contribution in [3.05, 3.63) is 48.5 Å². The van der Waals surface area contributed by atoms with Crippen LogP contribution in [0.25, 0.3) is 0 Å². The molecule has 0 unspecified atom stereocenters. The molecule has 0 bridgehead atoms. The molecule has 0 atom stereocenters. The predicted octanol–water partition coefficient (Wildman–Crippen LogP) is 4.42. The Balaban J connectivity index is 1.54. The van der Waals surface area contributed by atoms with Crippen LogP contribution < -0.4 is 20.1 Å². The highest BCUT2D eigenvalue weighted by Gasteiger charge is 2.10. The molecule has 28 heavy (non-hydrogen) atoms. The van der Waals surface area contributed by atoms with E-state index in [-0.39, 0.29) is 11.7 Å². The Bertz CT molecular complexity index is 933. The van der Waals surface area contributed by atoms with Gasteiger partial charge in [-0.1, -0.05) is 41.3 Å². The molecule has 0 aliphatic rings. The van der Waals surface area contributed by atoms with Crippen molar-refractivity contribution in [2.24, 2.45) is 0 Å². The maximum absolute atomic E-state index is 12.2. The summed E-state index contributed by atoms with van der Waals surface area (Å²) in [5.74, 6) is 1.57. The third kappa shape index (κ3) is 5.61. The summed E-state index contributed by atoms with van der Waals surface area (Å²) in [5.41, 5.74) is 1.52. The number of amides is 1. The number of nitrogens with zero attached hydrogens (tertiary/aromatic N) is 2. The van der Waals surface area contributed by atoms with Crippen LogP contribution in [0.3, 0.4) is 0 Å². The van der Waals surface area contributed by atoms with Gasteiger partial charge in [-0.15, -0.1) is 10.2 Å². The lowest BCUT2D eigenvalue weighted by molar-refractivity contribution is -0.113. The highest BCUT2D eigenvalue weighted by molar-refractivity contribution is 8.01. The molecule has 0 radical (unpaired) electrons. The van der Waals surface area contributed by atoms with Gasteiger partial charge in [0, 0.05) is 11.8 Å². The lowest BCUT2D eigenvalue weighted by Gasteiger charge is -2.09. The highest BCUT2D eigenvalue weighted by atomic mass is 32.2. The van der Waals surface area contributed by atoms with E-state index in [1.54, 1.807) is 13.2 Å². The number of aromatic nitrogens is 2. The Kier molecular flexibility index (Phi) is 7.10. The number of carbonyl (C=O) groups is 1. The fraction of sp³-hybridized carbons (Fsp3) is 0.211. The standard InChI is InChI=1S/C19H20N4O3S2/c1-3-26-16-10-5-4-9-15(16)21-18-22-23-19(28-18)27-12-17(24)20-13-7-6-8-14(11-13)25-2/h4-11H,3,12H2,1-2H3,(H,20,24)(H,21,22). The van der Waals surface area contributed by atoms with Gasteiger partial charge in [-0.3, -0.25) is 4.79 Å². The molecule has 0 saturated heterocycles. The second-order valence-corrected chi connectivity index (χ2v) is 7.70. The van der Waals surface area contributed by atoms with Gasteiger partial charge in [0.2, 0.25) is 11.0 Å². The van der Waals surface area contributed by atoms with Gasteiger partial charge in [-0.05, 0) is 31.2 Å². The van der Waals surface area contributed by atoms with E-state index in [9.17, 15) is 4.79 Å². The summed E-state index contributed by atoms with van der Waals surface area (Å²) in [4.78, 5) is 12.2. The van der Waals surface area contributed by atoms with Crippen LogP contribution in [0.1, 0.15) is 6.92 Å². The predicted molar refractivity (Wildman–Crippen MR) is 113 cm³/mol. The number of methoxy groups -OCH3 is 1. The van der Waals surface area contributed by atoms with Crippen LogP contribution in [0.15, 0.2) is 52.9 Å². The van der Waals surface area contributed by atoms with Crippen molar-refractivity contribution in [3.63, 3.8) is 0 Å². The molecule has 0 spiro atoms. The molecule has 3 aromatic rings. The van der Waals surface area contributed by atoms with E-state index in [1.807, 2.05) is 49.4 Å². The molecule has 1 heterocycles. The molecule has 1 amide bonds. The van der Waals surface area contributed by atoms with Gasteiger partial charge >= 0.3 is 0 Å². The van der Waals surface area contributed by atoms with E-state index >= 15 is 0 Å². The minimum atomic E-state index is -0.121. The van der Waals surface area contributed by atoms with Crippen molar-refractivity contribution in [2.45, 2.75) is 11.3 Å². The minimum Gasteiger partial charge on any atom is -0.497 e. The zero-order chi connectivity index (χ0) is 19.8. The molecule has 1 aromatic heterocycles. The van der Waals surface area contributed by atoms with E-state index in [1.165, 1.54) is 23.1 Å². The SMILES string of the molecule is CCOc1ccccc1Nc1nnc(SCC(=O)Nc2cccc(OC)c2)s1. The number of ether oxygens (including phenoxy) is 2. The largest absolute Gasteiger partial charge is 0.497 e. The van der Waals surface area contributed by atoms with Gasteiger partial charge in [0.1, 0.15) is 11.5 Å². The molecule has 0 fully saturated rings. The quantitative estimate of drug-likeness (QED) is 0.499. The Labute approximate surface area is 171 Å². The molecular weight excluding hydrogens is 396 g/mol. The van der Waals surface area contributed by atoms with Crippen LogP contribution in [0.5, 0.6) is 11.5 Å². The summed E-state index contributed by atoms with van der Waals surface area (Å²) in [6.45, 7) is 2.52. The van der Waals surface area contributed by atoms with Crippen LogP contribution in [0, 0.1) is 0 Å². The molecule has 2 N–H and O–H groups in total. The Morgan fingerprint density at radius 2 is 2.04 bits per heavy atom. The van der Waals surface area contributed by atoms with Crippen molar-refractivity contribution >= 4 is 45.5 Å². The number of para-hydroxylation sites is 2. The number of hydrogen-bond acceptors (Lipinski definition) is 8. The lowest BCUT2D eigenvalue weighted by Crippen LogP contribution is -2.13. The van der Waals surface area contributed by atoms with Crippen molar-refractivity contribution in [3.8, 4) is 11.5 Å². The minimum absolute atomic E-state index is 0.121. The second kappa shape index (κ2) is 9.95. The van der Waals surface area contributed by atoms with Crippen molar-refractivity contribution in [2.75, 3.05) is 30.1 Å². The van der Waals surface area contributed by atoms with E-state index in [4.69, 9.17) is 9.47 Å². The van der Waals surface area contributed by atoms with Gasteiger partial charge in [-0.25, -0.2) is 0 Å². The van der Waals surface area contributed by atoms with Crippen molar-refractivity contribution in [1.82, 2.24) is 10.2 Å². The summed E-state index contributed by atoms with van der Waals surface area (Å²) in [6.07, 6.45) is 0. The number of rotatable bonds is 9. The molecule has 2 aromatic carbocycles. The van der Waals surface area contributed by atoms with Crippen LogP contribution in [0.4, 0.5) is 16.5 Å². The number of thioether (sulfide) groups is 1. The normalized spacial score (nSPS) is 10.4. The second-order valence-electron chi connectivity index (χ2n) is 5.50. The summed E-state index contributed by atoms with van der Waals surface area (Å²) < 4.78 is 11.5. The zero-order valence-corrected chi connectivity index (χ0v) is 17.1. The lowest BCUT2D eigenvalue weighted by atomic mass is 10.3. The van der Waals surface area contributed by atoms with Gasteiger partial charge in [0.15, 0.2) is 4.34 Å². The van der Waals surface area contributed by atoms with Gasteiger partial charge in [0.05, 0.1) is 25.2 Å². The van der Waals surface area contributed by atoms with Gasteiger partial charge in [-0.2, -0.15) is 0 Å². The van der Waals surface area contributed by atoms with Crippen molar-refractivity contribution in [1.29, 1.82) is 0 Å². The molecule has 0 aliphatic heterocycles.